The summed E-state index contributed by atoms with van der Waals surface area (Å²) >= 11 is 3.05. The van der Waals surface area contributed by atoms with E-state index >= 15 is 0 Å². The van der Waals surface area contributed by atoms with Gasteiger partial charge in [-0.2, -0.15) is 0 Å². The van der Waals surface area contributed by atoms with Crippen LogP contribution in [0.4, 0.5) is 0 Å². The lowest BCUT2D eigenvalue weighted by molar-refractivity contribution is -0.00149. The first-order valence-electron chi connectivity index (χ1n) is 13.8. The van der Waals surface area contributed by atoms with Crippen molar-refractivity contribution in [3.8, 4) is 0 Å². The van der Waals surface area contributed by atoms with Gasteiger partial charge in [0.1, 0.15) is 6.10 Å². The zero-order valence-electron chi connectivity index (χ0n) is 21.4. The number of aliphatic hydroxyl groups excluding tert-OH is 4. The molecule has 0 saturated carbocycles. The second-order valence-electron chi connectivity index (χ2n) is 9.68. The van der Waals surface area contributed by atoms with E-state index in [9.17, 15) is 20.4 Å². The molecule has 1 aliphatic rings. The largest absolute Gasteiger partial charge is 0.394 e. The van der Waals surface area contributed by atoms with Crippen LogP contribution in [0.1, 0.15) is 117 Å². The van der Waals surface area contributed by atoms with Crippen molar-refractivity contribution in [1.29, 1.82) is 0 Å². The Balaban J connectivity index is 2.40. The van der Waals surface area contributed by atoms with E-state index in [-0.39, 0.29) is 11.2 Å². The average Bonchev–Trinajstić information content (AvgIpc) is 3.10. The van der Waals surface area contributed by atoms with E-state index in [0.717, 1.165) is 25.9 Å². The van der Waals surface area contributed by atoms with Crippen molar-refractivity contribution < 1.29 is 20.4 Å². The molecule has 5 atom stereocenters. The molecule has 0 aromatic rings. The topological polar surface area (TPSA) is 84.2 Å². The Hall–Kier alpha value is 0.500. The van der Waals surface area contributed by atoms with Crippen molar-refractivity contribution in [2.24, 2.45) is 0 Å². The number of nitrogens with zero attached hydrogens (tertiary/aromatic N) is 1. The molecule has 1 aliphatic heterocycles. The maximum atomic E-state index is 10.5. The van der Waals surface area contributed by atoms with Gasteiger partial charge in [-0.05, 0) is 12.8 Å². The minimum atomic E-state index is -1.00. The maximum Gasteiger partial charge on any atom is 0.103 e. The fourth-order valence-corrected chi connectivity index (χ4v) is 7.61. The Morgan fingerprint density at radius 2 is 1.12 bits per heavy atom. The molecule has 1 rings (SSSR count). The summed E-state index contributed by atoms with van der Waals surface area (Å²) in [6.45, 7) is 6.12. The molecular formula is C26H53NO4S2. The summed E-state index contributed by atoms with van der Waals surface area (Å²) in [4.78, 5) is 0. The molecule has 0 aromatic heterocycles. The van der Waals surface area contributed by atoms with Gasteiger partial charge in [-0.3, -0.25) is 0 Å². The molecule has 4 N–H and O–H groups in total. The van der Waals surface area contributed by atoms with Gasteiger partial charge in [-0.15, -0.1) is 11.8 Å². The summed E-state index contributed by atoms with van der Waals surface area (Å²) in [6.07, 6.45) is 17.9. The van der Waals surface area contributed by atoms with Crippen LogP contribution in [0.3, 0.4) is 0 Å². The van der Waals surface area contributed by atoms with Crippen molar-refractivity contribution >= 4 is 23.7 Å². The van der Waals surface area contributed by atoms with Gasteiger partial charge in [-0.1, -0.05) is 116 Å². The van der Waals surface area contributed by atoms with Gasteiger partial charge in [0.05, 0.1) is 28.6 Å². The summed E-state index contributed by atoms with van der Waals surface area (Å²) < 4.78 is 2.18. The van der Waals surface area contributed by atoms with E-state index < -0.39 is 23.6 Å². The lowest BCUT2D eigenvalue weighted by atomic mass is 10.1. The van der Waals surface area contributed by atoms with E-state index in [1.807, 2.05) is 0 Å². The molecule has 33 heavy (non-hydrogen) atoms. The second kappa shape index (κ2) is 20.7. The minimum Gasteiger partial charge on any atom is -0.394 e. The van der Waals surface area contributed by atoms with E-state index in [4.69, 9.17) is 0 Å². The minimum absolute atomic E-state index is 0.200. The number of aliphatic hydroxyl groups is 4. The van der Waals surface area contributed by atoms with E-state index in [1.165, 1.54) is 102 Å². The lowest BCUT2D eigenvalue weighted by Gasteiger charge is -2.26. The highest BCUT2D eigenvalue weighted by molar-refractivity contribution is 8.16. The van der Waals surface area contributed by atoms with Crippen LogP contribution in [0.25, 0.3) is 0 Å². The van der Waals surface area contributed by atoms with Crippen molar-refractivity contribution in [2.45, 2.75) is 145 Å². The molecule has 0 aromatic carbocycles. The lowest BCUT2D eigenvalue weighted by Crippen LogP contribution is -2.39. The van der Waals surface area contributed by atoms with Crippen LogP contribution in [-0.4, -0.2) is 72.6 Å². The van der Waals surface area contributed by atoms with Crippen LogP contribution < -0.4 is 0 Å². The summed E-state index contributed by atoms with van der Waals surface area (Å²) in [5.74, 6) is 0. The van der Waals surface area contributed by atoms with Crippen LogP contribution in [0.15, 0.2) is 0 Å². The monoisotopic (exact) mass is 507 g/mol. The Morgan fingerprint density at radius 3 is 1.55 bits per heavy atom. The molecule has 0 unspecified atom stereocenters. The van der Waals surface area contributed by atoms with Crippen LogP contribution in [0.5, 0.6) is 0 Å². The van der Waals surface area contributed by atoms with Gasteiger partial charge in [0.25, 0.3) is 0 Å². The van der Waals surface area contributed by atoms with Gasteiger partial charge in [0.2, 0.25) is 0 Å². The van der Waals surface area contributed by atoms with Crippen molar-refractivity contribution in [2.75, 3.05) is 19.7 Å². The quantitative estimate of drug-likeness (QED) is 0.110. The molecule has 0 bridgehead atoms. The second-order valence-corrected chi connectivity index (χ2v) is 12.5. The summed E-state index contributed by atoms with van der Waals surface area (Å²) in [5, 5.41) is 39.6. The summed E-state index contributed by atoms with van der Waals surface area (Å²) in [5.41, 5.74) is 0. The predicted octanol–water partition coefficient (Wildman–Crippen LogP) is 5.73. The third-order valence-electron chi connectivity index (χ3n) is 6.60. The maximum absolute atomic E-state index is 10.5. The highest BCUT2D eigenvalue weighted by Crippen LogP contribution is 2.43. The van der Waals surface area contributed by atoms with Gasteiger partial charge in [-0.25, -0.2) is 4.31 Å². The molecule has 7 heteroatoms. The van der Waals surface area contributed by atoms with Crippen LogP contribution in [-0.2, 0) is 0 Å². The predicted molar refractivity (Wildman–Crippen MR) is 145 cm³/mol. The zero-order valence-corrected chi connectivity index (χ0v) is 23.0. The van der Waals surface area contributed by atoms with Crippen molar-refractivity contribution in [3.63, 3.8) is 0 Å². The first kappa shape index (κ1) is 31.5. The molecule has 1 fully saturated rings. The average molecular weight is 508 g/mol. The summed E-state index contributed by atoms with van der Waals surface area (Å²) in [6, 6.07) is 0. The number of thioether (sulfide) groups is 1. The van der Waals surface area contributed by atoms with Gasteiger partial charge in [0.15, 0.2) is 0 Å². The highest BCUT2D eigenvalue weighted by atomic mass is 32.2. The fourth-order valence-electron chi connectivity index (χ4n) is 4.39. The number of hydrogen-bond acceptors (Lipinski definition) is 7. The molecule has 0 radical (unpaired) electrons. The van der Waals surface area contributed by atoms with E-state index in [2.05, 4.69) is 18.2 Å². The molecule has 1 saturated heterocycles. The summed E-state index contributed by atoms with van der Waals surface area (Å²) in [7, 11) is 0. The van der Waals surface area contributed by atoms with Gasteiger partial charge >= 0.3 is 0 Å². The number of unbranched alkanes of at least 4 members (excludes halogenated alkanes) is 14. The van der Waals surface area contributed by atoms with E-state index in [0.29, 0.717) is 0 Å². The standard InChI is InChI=1S/C26H53NO4S2/c1-3-5-7-9-11-13-15-17-19-27(20-18-16-14-12-10-8-6-4-2)33-26-24(31)23(30)25(32-26)22(29)21-28/h22-26,28-31H,3-21H2,1-2H3/t22-,23-,24-,25+,26+/m1/s1. The Labute approximate surface area is 212 Å². The Bertz CT molecular complexity index is 427. The van der Waals surface area contributed by atoms with Crippen LogP contribution >= 0.6 is 23.7 Å². The van der Waals surface area contributed by atoms with E-state index in [1.54, 1.807) is 11.9 Å². The van der Waals surface area contributed by atoms with Gasteiger partial charge < -0.3 is 20.4 Å². The first-order valence-corrected chi connectivity index (χ1v) is 15.5. The SMILES string of the molecule is CCCCCCCCCCN(CCCCCCCCCC)S[C@@H]1S[C@@H]([C@H](O)CO)[C@H](O)[C@H]1O. The number of rotatable bonds is 22. The normalized spacial score (nSPS) is 24.1. The Kier molecular flexibility index (Phi) is 19.7. The molecular weight excluding hydrogens is 454 g/mol. The molecule has 0 spiro atoms. The zero-order chi connectivity index (χ0) is 24.3. The molecule has 198 valence electrons. The molecule has 0 amide bonds. The third-order valence-corrected chi connectivity index (χ3v) is 9.79. The number of hydrogen-bond donors (Lipinski definition) is 4. The van der Waals surface area contributed by atoms with Crippen molar-refractivity contribution in [1.82, 2.24) is 4.31 Å². The molecule has 1 heterocycles. The highest BCUT2D eigenvalue weighted by Gasteiger charge is 2.46. The fraction of sp³-hybridized carbons (Fsp3) is 1.00. The van der Waals surface area contributed by atoms with Gasteiger partial charge in [0, 0.05) is 13.1 Å². The molecule has 5 nitrogen and oxygen atoms in total. The molecule has 0 aliphatic carbocycles. The first-order chi connectivity index (χ1) is 16.0. The third kappa shape index (κ3) is 14.0. The van der Waals surface area contributed by atoms with Crippen LogP contribution in [0, 0.1) is 0 Å². The van der Waals surface area contributed by atoms with Crippen LogP contribution in [0.2, 0.25) is 0 Å². The van der Waals surface area contributed by atoms with Crippen molar-refractivity contribution in [3.05, 3.63) is 0 Å². The Morgan fingerprint density at radius 1 is 0.697 bits per heavy atom. The smallest absolute Gasteiger partial charge is 0.103 e.